The summed E-state index contributed by atoms with van der Waals surface area (Å²) >= 11 is 0. The Labute approximate surface area is 127 Å². The fourth-order valence-corrected chi connectivity index (χ4v) is 2.63. The second-order valence-corrected chi connectivity index (χ2v) is 5.57. The number of terminal acetylenes is 1. The molecule has 1 heterocycles. The van der Waals surface area contributed by atoms with Crippen molar-refractivity contribution in [1.82, 2.24) is 9.80 Å². The summed E-state index contributed by atoms with van der Waals surface area (Å²) in [6, 6.07) is 6.04. The van der Waals surface area contributed by atoms with Gasteiger partial charge in [-0.2, -0.15) is 0 Å². The van der Waals surface area contributed by atoms with Crippen LogP contribution in [0.1, 0.15) is 11.1 Å². The van der Waals surface area contributed by atoms with Crippen LogP contribution in [0.5, 0.6) is 0 Å². The molecule has 2 rings (SSSR count). The molecule has 1 aromatic rings. The van der Waals surface area contributed by atoms with Crippen molar-refractivity contribution in [3.63, 3.8) is 0 Å². The Morgan fingerprint density at radius 2 is 1.76 bits per heavy atom. The van der Waals surface area contributed by atoms with E-state index in [1.54, 1.807) is 0 Å². The second kappa shape index (κ2) is 7.26. The van der Waals surface area contributed by atoms with Gasteiger partial charge in [-0.15, -0.1) is 6.42 Å². The molecular weight excluding hydrogens is 262 g/mol. The summed E-state index contributed by atoms with van der Waals surface area (Å²) in [5.41, 5.74) is 3.14. The zero-order valence-corrected chi connectivity index (χ0v) is 12.9. The third kappa shape index (κ3) is 4.32. The van der Waals surface area contributed by atoms with Gasteiger partial charge in [-0.1, -0.05) is 24.1 Å². The first kappa shape index (κ1) is 15.6. The van der Waals surface area contributed by atoms with E-state index in [4.69, 9.17) is 6.42 Å². The van der Waals surface area contributed by atoms with Crippen LogP contribution < -0.4 is 5.32 Å². The summed E-state index contributed by atoms with van der Waals surface area (Å²) in [6.07, 6.45) is 5.32. The van der Waals surface area contributed by atoms with Crippen molar-refractivity contribution in [1.29, 1.82) is 0 Å². The molecule has 0 radical (unpaired) electrons. The molecule has 0 spiro atoms. The average Bonchev–Trinajstić information content (AvgIpc) is 2.45. The number of carbonyl (C=O) groups excluding carboxylic acids is 1. The summed E-state index contributed by atoms with van der Waals surface area (Å²) in [6.45, 7) is 8.81. The number of hydrogen-bond donors (Lipinski definition) is 1. The zero-order valence-electron chi connectivity index (χ0n) is 12.9. The number of nitrogens with one attached hydrogen (secondary N) is 1. The van der Waals surface area contributed by atoms with Gasteiger partial charge < -0.3 is 5.32 Å². The number of benzene rings is 1. The molecule has 0 atom stereocenters. The van der Waals surface area contributed by atoms with Crippen LogP contribution in [0.4, 0.5) is 5.69 Å². The standard InChI is InChI=1S/C17H23N3O/c1-4-8-19-9-11-20(12-10-19)13-16(21)18-17-14(2)6-5-7-15(17)3/h1,5-7H,8-13H2,2-3H3,(H,18,21). The predicted molar refractivity (Wildman–Crippen MR) is 86.3 cm³/mol. The lowest BCUT2D eigenvalue weighted by atomic mass is 10.1. The molecule has 1 N–H and O–H groups in total. The number of nitrogens with zero attached hydrogens (tertiary/aromatic N) is 2. The van der Waals surface area contributed by atoms with Crippen molar-refractivity contribution in [2.45, 2.75) is 13.8 Å². The molecule has 1 aliphatic rings. The first-order valence-corrected chi connectivity index (χ1v) is 7.34. The Hall–Kier alpha value is -1.83. The first-order chi connectivity index (χ1) is 10.1. The third-order valence-corrected chi connectivity index (χ3v) is 3.89. The van der Waals surface area contributed by atoms with E-state index in [0.717, 1.165) is 43.0 Å². The van der Waals surface area contributed by atoms with Crippen molar-refractivity contribution in [3.8, 4) is 12.3 Å². The van der Waals surface area contributed by atoms with E-state index in [1.165, 1.54) is 0 Å². The van der Waals surface area contributed by atoms with Crippen LogP contribution in [0.15, 0.2) is 18.2 Å². The molecular formula is C17H23N3O. The highest BCUT2D eigenvalue weighted by molar-refractivity contribution is 5.93. The lowest BCUT2D eigenvalue weighted by molar-refractivity contribution is -0.117. The predicted octanol–water partition coefficient (Wildman–Crippen LogP) is 1.49. The van der Waals surface area contributed by atoms with Crippen molar-refractivity contribution in [3.05, 3.63) is 29.3 Å². The molecule has 1 saturated heterocycles. The number of carbonyl (C=O) groups is 1. The van der Waals surface area contributed by atoms with Crippen LogP contribution in [0.2, 0.25) is 0 Å². The number of amides is 1. The number of anilines is 1. The molecule has 112 valence electrons. The molecule has 0 bridgehead atoms. The highest BCUT2D eigenvalue weighted by Gasteiger charge is 2.18. The molecule has 21 heavy (non-hydrogen) atoms. The van der Waals surface area contributed by atoms with Crippen LogP contribution in [0, 0.1) is 26.2 Å². The number of piperazine rings is 1. The summed E-state index contributed by atoms with van der Waals surface area (Å²) < 4.78 is 0. The molecule has 1 fully saturated rings. The van der Waals surface area contributed by atoms with Gasteiger partial charge in [-0.05, 0) is 25.0 Å². The van der Waals surface area contributed by atoms with Gasteiger partial charge >= 0.3 is 0 Å². The summed E-state index contributed by atoms with van der Waals surface area (Å²) in [4.78, 5) is 16.6. The lowest BCUT2D eigenvalue weighted by Gasteiger charge is -2.33. The van der Waals surface area contributed by atoms with E-state index in [2.05, 4.69) is 21.0 Å². The van der Waals surface area contributed by atoms with E-state index in [-0.39, 0.29) is 5.91 Å². The molecule has 0 aromatic heterocycles. The van der Waals surface area contributed by atoms with E-state index in [0.29, 0.717) is 13.1 Å². The lowest BCUT2D eigenvalue weighted by Crippen LogP contribution is -2.48. The SMILES string of the molecule is C#CCN1CCN(CC(=O)Nc2c(C)cccc2C)CC1. The van der Waals surface area contributed by atoms with Crippen LogP contribution in [0.3, 0.4) is 0 Å². The minimum Gasteiger partial charge on any atom is -0.324 e. The third-order valence-electron chi connectivity index (χ3n) is 3.89. The Bertz CT molecular complexity index is 519. The maximum Gasteiger partial charge on any atom is 0.238 e. The number of hydrogen-bond acceptors (Lipinski definition) is 3. The maximum absolute atomic E-state index is 12.2. The van der Waals surface area contributed by atoms with Crippen LogP contribution in [-0.4, -0.2) is 55.0 Å². The van der Waals surface area contributed by atoms with Crippen molar-refractivity contribution in [2.24, 2.45) is 0 Å². The zero-order chi connectivity index (χ0) is 15.2. The molecule has 4 nitrogen and oxygen atoms in total. The maximum atomic E-state index is 12.2. The topological polar surface area (TPSA) is 35.6 Å². The highest BCUT2D eigenvalue weighted by Crippen LogP contribution is 2.19. The number of rotatable bonds is 4. The minimum atomic E-state index is 0.0535. The van der Waals surface area contributed by atoms with E-state index < -0.39 is 0 Å². The quantitative estimate of drug-likeness (QED) is 0.852. The largest absolute Gasteiger partial charge is 0.324 e. The molecule has 4 heteroatoms. The molecule has 1 aliphatic heterocycles. The fourth-order valence-electron chi connectivity index (χ4n) is 2.63. The van der Waals surface area contributed by atoms with E-state index in [1.807, 2.05) is 32.0 Å². The van der Waals surface area contributed by atoms with Gasteiger partial charge in [-0.25, -0.2) is 0 Å². The minimum absolute atomic E-state index is 0.0535. The van der Waals surface area contributed by atoms with E-state index >= 15 is 0 Å². The fraction of sp³-hybridized carbons (Fsp3) is 0.471. The van der Waals surface area contributed by atoms with Crippen LogP contribution >= 0.6 is 0 Å². The summed E-state index contributed by atoms with van der Waals surface area (Å²) in [5, 5.41) is 3.04. The monoisotopic (exact) mass is 285 g/mol. The van der Waals surface area contributed by atoms with Crippen LogP contribution in [0.25, 0.3) is 0 Å². The number of para-hydroxylation sites is 1. The summed E-state index contributed by atoms with van der Waals surface area (Å²) in [7, 11) is 0. The van der Waals surface area contributed by atoms with Gasteiger partial charge in [0.25, 0.3) is 0 Å². The molecule has 0 saturated carbocycles. The van der Waals surface area contributed by atoms with Crippen molar-refractivity contribution < 1.29 is 4.79 Å². The summed E-state index contributed by atoms with van der Waals surface area (Å²) in [5.74, 6) is 2.72. The Kier molecular flexibility index (Phi) is 5.38. The van der Waals surface area contributed by atoms with Gasteiger partial charge in [0, 0.05) is 31.9 Å². The first-order valence-electron chi connectivity index (χ1n) is 7.34. The molecule has 1 amide bonds. The Morgan fingerprint density at radius 3 is 2.33 bits per heavy atom. The van der Waals surface area contributed by atoms with Gasteiger partial charge in [0.05, 0.1) is 13.1 Å². The van der Waals surface area contributed by atoms with Crippen molar-refractivity contribution in [2.75, 3.05) is 44.6 Å². The molecule has 0 aliphatic carbocycles. The smallest absolute Gasteiger partial charge is 0.238 e. The van der Waals surface area contributed by atoms with Crippen molar-refractivity contribution >= 4 is 11.6 Å². The van der Waals surface area contributed by atoms with Gasteiger partial charge in [0.15, 0.2) is 0 Å². The highest BCUT2D eigenvalue weighted by atomic mass is 16.2. The van der Waals surface area contributed by atoms with Gasteiger partial charge in [-0.3, -0.25) is 14.6 Å². The van der Waals surface area contributed by atoms with Gasteiger partial charge in [0.2, 0.25) is 5.91 Å². The average molecular weight is 285 g/mol. The molecule has 1 aromatic carbocycles. The van der Waals surface area contributed by atoms with Crippen LogP contribution in [-0.2, 0) is 4.79 Å². The molecule has 0 unspecified atom stereocenters. The Balaban J connectivity index is 1.85. The van der Waals surface area contributed by atoms with E-state index in [9.17, 15) is 4.79 Å². The Morgan fingerprint density at radius 1 is 1.19 bits per heavy atom. The normalized spacial score (nSPS) is 16.4. The van der Waals surface area contributed by atoms with Gasteiger partial charge in [0.1, 0.15) is 0 Å². The number of aryl methyl sites for hydroxylation is 2. The second-order valence-electron chi connectivity index (χ2n) is 5.57.